The van der Waals surface area contributed by atoms with Gasteiger partial charge in [-0.2, -0.15) is 0 Å². The SMILES string of the molecule is O=C(Nc1cccc(N2CCCS2(=O)=O)c1)OCc1ccccc1. The van der Waals surface area contributed by atoms with E-state index in [4.69, 9.17) is 4.74 Å². The second kappa shape index (κ2) is 6.92. The third kappa shape index (κ3) is 3.86. The highest BCUT2D eigenvalue weighted by atomic mass is 32.2. The maximum atomic E-state index is 12.0. The fraction of sp³-hybridized carbons (Fsp3) is 0.235. The molecule has 0 saturated carbocycles. The molecule has 2 aromatic carbocycles. The average molecular weight is 346 g/mol. The number of anilines is 2. The van der Waals surface area contributed by atoms with Crippen molar-refractivity contribution in [2.75, 3.05) is 21.9 Å². The second-order valence-electron chi connectivity index (χ2n) is 5.48. The normalized spacial score (nSPS) is 15.9. The largest absolute Gasteiger partial charge is 0.444 e. The molecule has 6 nitrogen and oxygen atoms in total. The second-order valence-corrected chi connectivity index (χ2v) is 7.49. The maximum absolute atomic E-state index is 12.0. The fourth-order valence-corrected chi connectivity index (χ4v) is 4.10. The molecule has 126 valence electrons. The van der Waals surface area contributed by atoms with Crippen LogP contribution in [0, 0.1) is 0 Å². The van der Waals surface area contributed by atoms with E-state index in [-0.39, 0.29) is 12.4 Å². The number of benzene rings is 2. The summed E-state index contributed by atoms with van der Waals surface area (Å²) in [6.45, 7) is 0.636. The summed E-state index contributed by atoms with van der Waals surface area (Å²) in [4.78, 5) is 11.9. The monoisotopic (exact) mass is 346 g/mol. The molecule has 0 radical (unpaired) electrons. The average Bonchev–Trinajstić information content (AvgIpc) is 2.93. The van der Waals surface area contributed by atoms with Crippen molar-refractivity contribution < 1.29 is 17.9 Å². The Balaban J connectivity index is 1.63. The molecule has 7 heteroatoms. The molecule has 0 bridgehead atoms. The van der Waals surface area contributed by atoms with Crippen molar-refractivity contribution in [1.82, 2.24) is 0 Å². The van der Waals surface area contributed by atoms with Crippen molar-refractivity contribution >= 4 is 27.5 Å². The predicted molar refractivity (Wildman–Crippen MR) is 92.4 cm³/mol. The summed E-state index contributed by atoms with van der Waals surface area (Å²) in [5.41, 5.74) is 1.94. The molecule has 0 spiro atoms. The van der Waals surface area contributed by atoms with Gasteiger partial charge in [0.1, 0.15) is 6.61 Å². The van der Waals surface area contributed by atoms with Gasteiger partial charge in [-0.25, -0.2) is 13.2 Å². The minimum absolute atomic E-state index is 0.157. The van der Waals surface area contributed by atoms with Crippen molar-refractivity contribution in [2.45, 2.75) is 13.0 Å². The Hall–Kier alpha value is -2.54. The van der Waals surface area contributed by atoms with Crippen molar-refractivity contribution in [3.05, 3.63) is 60.2 Å². The molecule has 2 aromatic rings. The van der Waals surface area contributed by atoms with Gasteiger partial charge in [0, 0.05) is 12.2 Å². The summed E-state index contributed by atoms with van der Waals surface area (Å²) >= 11 is 0. The van der Waals surface area contributed by atoms with Gasteiger partial charge in [-0.1, -0.05) is 36.4 Å². The predicted octanol–water partition coefficient (Wildman–Crippen LogP) is 2.98. The first-order chi connectivity index (χ1) is 11.5. The standard InChI is InChI=1S/C17H18N2O4S/c20-17(23-13-14-6-2-1-3-7-14)18-15-8-4-9-16(12-15)19-10-5-11-24(19,21)22/h1-4,6-9,12H,5,10-11,13H2,(H,18,20). The Morgan fingerprint density at radius 1 is 1.12 bits per heavy atom. The molecule has 0 unspecified atom stereocenters. The summed E-state index contributed by atoms with van der Waals surface area (Å²) in [6.07, 6.45) is 0.0272. The number of rotatable bonds is 4. The molecule has 1 fully saturated rings. The zero-order chi connectivity index (χ0) is 17.0. The zero-order valence-corrected chi connectivity index (χ0v) is 13.8. The molecule has 1 amide bonds. The Kier molecular flexibility index (Phi) is 4.71. The molecular formula is C17H18N2O4S. The van der Waals surface area contributed by atoms with E-state index >= 15 is 0 Å². The molecule has 1 N–H and O–H groups in total. The summed E-state index contributed by atoms with van der Waals surface area (Å²) in [7, 11) is -3.24. The molecule has 3 rings (SSSR count). The Labute approximate surface area is 141 Å². The van der Waals surface area contributed by atoms with Crippen molar-refractivity contribution in [3.8, 4) is 0 Å². The Morgan fingerprint density at radius 2 is 1.92 bits per heavy atom. The fourth-order valence-electron chi connectivity index (χ4n) is 2.55. The molecule has 0 aromatic heterocycles. The molecule has 1 heterocycles. The Bertz CT molecular complexity index is 821. The molecule has 24 heavy (non-hydrogen) atoms. The van der Waals surface area contributed by atoms with E-state index in [9.17, 15) is 13.2 Å². The van der Waals surface area contributed by atoms with Crippen LogP contribution >= 0.6 is 0 Å². The number of carbonyl (C=O) groups is 1. The zero-order valence-electron chi connectivity index (χ0n) is 13.0. The number of carbonyl (C=O) groups excluding carboxylic acids is 1. The topological polar surface area (TPSA) is 75.7 Å². The van der Waals surface area contributed by atoms with E-state index in [0.29, 0.717) is 24.3 Å². The summed E-state index contributed by atoms with van der Waals surface area (Å²) in [5.74, 6) is 0.157. The smallest absolute Gasteiger partial charge is 0.411 e. The lowest BCUT2D eigenvalue weighted by Crippen LogP contribution is -2.25. The maximum Gasteiger partial charge on any atom is 0.411 e. The van der Waals surface area contributed by atoms with Gasteiger partial charge in [-0.05, 0) is 30.2 Å². The number of amides is 1. The van der Waals surface area contributed by atoms with Gasteiger partial charge in [-0.3, -0.25) is 9.62 Å². The van der Waals surface area contributed by atoms with Crippen LogP contribution in [0.15, 0.2) is 54.6 Å². The minimum Gasteiger partial charge on any atom is -0.444 e. The van der Waals surface area contributed by atoms with Gasteiger partial charge in [0.2, 0.25) is 10.0 Å². The van der Waals surface area contributed by atoms with E-state index in [1.54, 1.807) is 24.3 Å². The van der Waals surface area contributed by atoms with E-state index < -0.39 is 16.1 Å². The molecule has 1 saturated heterocycles. The molecule has 0 atom stereocenters. The Morgan fingerprint density at radius 3 is 2.62 bits per heavy atom. The lowest BCUT2D eigenvalue weighted by atomic mass is 10.2. The molecule has 1 aliphatic rings. The van der Waals surface area contributed by atoms with E-state index in [1.807, 2.05) is 30.3 Å². The number of hydrogen-bond donors (Lipinski definition) is 1. The number of nitrogens with one attached hydrogen (secondary N) is 1. The van der Waals surface area contributed by atoms with Crippen molar-refractivity contribution in [1.29, 1.82) is 0 Å². The summed E-state index contributed by atoms with van der Waals surface area (Å²) in [6, 6.07) is 16.1. The van der Waals surface area contributed by atoms with Gasteiger partial charge in [0.05, 0.1) is 11.4 Å². The van der Waals surface area contributed by atoms with Crippen LogP contribution in [0.1, 0.15) is 12.0 Å². The van der Waals surface area contributed by atoms with Gasteiger partial charge in [-0.15, -0.1) is 0 Å². The van der Waals surface area contributed by atoms with Crippen LogP contribution in [0.2, 0.25) is 0 Å². The van der Waals surface area contributed by atoms with Crippen LogP contribution in [-0.2, 0) is 21.4 Å². The lowest BCUT2D eigenvalue weighted by Gasteiger charge is -2.17. The number of nitrogens with zero attached hydrogens (tertiary/aromatic N) is 1. The van der Waals surface area contributed by atoms with Crippen LogP contribution in [-0.4, -0.2) is 26.8 Å². The third-order valence-corrected chi connectivity index (χ3v) is 5.56. The van der Waals surface area contributed by atoms with E-state index in [1.165, 1.54) is 4.31 Å². The van der Waals surface area contributed by atoms with Gasteiger partial charge < -0.3 is 4.74 Å². The van der Waals surface area contributed by atoms with Crippen molar-refractivity contribution in [3.63, 3.8) is 0 Å². The number of hydrogen-bond acceptors (Lipinski definition) is 4. The lowest BCUT2D eigenvalue weighted by molar-refractivity contribution is 0.155. The minimum atomic E-state index is -3.24. The van der Waals surface area contributed by atoms with Gasteiger partial charge in [0.25, 0.3) is 0 Å². The van der Waals surface area contributed by atoms with Crippen LogP contribution in [0.5, 0.6) is 0 Å². The highest BCUT2D eigenvalue weighted by Gasteiger charge is 2.28. The number of sulfonamides is 1. The van der Waals surface area contributed by atoms with Crippen LogP contribution < -0.4 is 9.62 Å². The third-order valence-electron chi connectivity index (χ3n) is 3.69. The first-order valence-electron chi connectivity index (χ1n) is 7.63. The van der Waals surface area contributed by atoms with Gasteiger partial charge >= 0.3 is 6.09 Å². The van der Waals surface area contributed by atoms with Crippen LogP contribution in [0.3, 0.4) is 0 Å². The quantitative estimate of drug-likeness (QED) is 0.923. The summed E-state index contributed by atoms with van der Waals surface area (Å²) in [5, 5.41) is 2.62. The number of ether oxygens (including phenoxy) is 1. The van der Waals surface area contributed by atoms with Crippen LogP contribution in [0.25, 0.3) is 0 Å². The highest BCUT2D eigenvalue weighted by molar-refractivity contribution is 7.93. The molecule has 1 aliphatic heterocycles. The van der Waals surface area contributed by atoms with E-state index in [0.717, 1.165) is 5.56 Å². The molecule has 0 aliphatic carbocycles. The first kappa shape index (κ1) is 16.3. The van der Waals surface area contributed by atoms with Crippen molar-refractivity contribution in [2.24, 2.45) is 0 Å². The van der Waals surface area contributed by atoms with Crippen LogP contribution in [0.4, 0.5) is 16.2 Å². The summed E-state index contributed by atoms with van der Waals surface area (Å²) < 4.78 is 30.5. The van der Waals surface area contributed by atoms with Gasteiger partial charge in [0.15, 0.2) is 0 Å². The first-order valence-corrected chi connectivity index (χ1v) is 9.24. The van der Waals surface area contributed by atoms with E-state index in [2.05, 4.69) is 5.32 Å². The molecular weight excluding hydrogens is 328 g/mol. The highest BCUT2D eigenvalue weighted by Crippen LogP contribution is 2.26.